The fourth-order valence-electron chi connectivity index (χ4n) is 1.04. The summed E-state index contributed by atoms with van der Waals surface area (Å²) in [6.45, 7) is 3.79. The summed E-state index contributed by atoms with van der Waals surface area (Å²) in [6, 6.07) is 0. The van der Waals surface area contributed by atoms with Crippen LogP contribution >= 0.6 is 0 Å². The van der Waals surface area contributed by atoms with Gasteiger partial charge >= 0.3 is 5.97 Å². The molecule has 1 aliphatic heterocycles. The second kappa shape index (κ2) is 2.86. The molecule has 2 nitrogen and oxygen atoms in total. The maximum atomic E-state index is 10.9. The van der Waals surface area contributed by atoms with E-state index in [1.165, 1.54) is 0 Å². The third-order valence-electron chi connectivity index (χ3n) is 1.74. The topological polar surface area (TPSA) is 26.3 Å². The van der Waals surface area contributed by atoms with Crippen LogP contribution in [0.1, 0.15) is 26.7 Å². The van der Waals surface area contributed by atoms with Gasteiger partial charge in [0.15, 0.2) is 0 Å². The molecule has 1 fully saturated rings. The minimum Gasteiger partial charge on any atom is -0.459 e. The number of allylic oxidation sites excluding steroid dienone is 1. The Balaban J connectivity index is 2.61. The highest BCUT2D eigenvalue weighted by Crippen LogP contribution is 2.18. The number of rotatable bonds is 0. The quantitative estimate of drug-likeness (QED) is 0.378. The standard InChI is InChI=1S/C8H12O2/c1-3-7-5-4-6(2)10-8(7)9/h3,6H,4-5H2,1-2H3/b7-3-. The maximum absolute atomic E-state index is 10.9. The van der Waals surface area contributed by atoms with E-state index in [9.17, 15) is 4.79 Å². The fourth-order valence-corrected chi connectivity index (χ4v) is 1.04. The van der Waals surface area contributed by atoms with Crippen molar-refractivity contribution in [2.75, 3.05) is 0 Å². The molecule has 0 N–H and O–H groups in total. The van der Waals surface area contributed by atoms with Crippen LogP contribution in [0.15, 0.2) is 11.6 Å². The third kappa shape index (κ3) is 1.38. The van der Waals surface area contributed by atoms with Gasteiger partial charge in [-0.25, -0.2) is 4.79 Å². The second-order valence-corrected chi connectivity index (χ2v) is 2.57. The number of carbonyl (C=O) groups excluding carboxylic acids is 1. The van der Waals surface area contributed by atoms with E-state index in [0.29, 0.717) is 0 Å². The lowest BCUT2D eigenvalue weighted by Crippen LogP contribution is -2.22. The van der Waals surface area contributed by atoms with E-state index >= 15 is 0 Å². The molecule has 0 aromatic rings. The zero-order valence-corrected chi connectivity index (χ0v) is 6.39. The Morgan fingerprint density at radius 2 is 2.40 bits per heavy atom. The Bertz CT molecular complexity index is 170. The van der Waals surface area contributed by atoms with Crippen LogP contribution in [0.3, 0.4) is 0 Å². The van der Waals surface area contributed by atoms with Crippen LogP contribution in [0.5, 0.6) is 0 Å². The predicted octanol–water partition coefficient (Wildman–Crippen LogP) is 1.66. The molecule has 0 bridgehead atoms. The van der Waals surface area contributed by atoms with E-state index in [0.717, 1.165) is 18.4 Å². The van der Waals surface area contributed by atoms with E-state index in [4.69, 9.17) is 4.74 Å². The summed E-state index contributed by atoms with van der Waals surface area (Å²) in [4.78, 5) is 10.9. The molecule has 1 saturated heterocycles. The molecule has 0 amide bonds. The summed E-state index contributed by atoms with van der Waals surface area (Å²) in [5.41, 5.74) is 0.818. The van der Waals surface area contributed by atoms with E-state index in [2.05, 4.69) is 0 Å². The van der Waals surface area contributed by atoms with Crippen molar-refractivity contribution in [1.29, 1.82) is 0 Å². The molecule has 1 aliphatic rings. The largest absolute Gasteiger partial charge is 0.459 e. The first-order valence-electron chi connectivity index (χ1n) is 3.60. The number of ether oxygens (including phenoxy) is 1. The lowest BCUT2D eigenvalue weighted by Gasteiger charge is -2.19. The molecule has 1 heterocycles. The van der Waals surface area contributed by atoms with Crippen LogP contribution in [0.25, 0.3) is 0 Å². The summed E-state index contributed by atoms with van der Waals surface area (Å²) in [5, 5.41) is 0. The van der Waals surface area contributed by atoms with Crippen molar-refractivity contribution < 1.29 is 9.53 Å². The van der Waals surface area contributed by atoms with Crippen molar-refractivity contribution >= 4 is 5.97 Å². The van der Waals surface area contributed by atoms with Crippen LogP contribution in [0.2, 0.25) is 0 Å². The fraction of sp³-hybridized carbons (Fsp3) is 0.625. The normalized spacial score (nSPS) is 30.4. The van der Waals surface area contributed by atoms with E-state index in [-0.39, 0.29) is 12.1 Å². The molecular weight excluding hydrogens is 128 g/mol. The summed E-state index contributed by atoms with van der Waals surface area (Å²) in [5.74, 6) is -0.138. The van der Waals surface area contributed by atoms with Gasteiger partial charge in [-0.3, -0.25) is 0 Å². The van der Waals surface area contributed by atoms with Crippen molar-refractivity contribution in [3.05, 3.63) is 11.6 Å². The molecule has 56 valence electrons. The Morgan fingerprint density at radius 3 is 2.90 bits per heavy atom. The number of cyclic esters (lactones) is 1. The molecule has 1 unspecified atom stereocenters. The van der Waals surface area contributed by atoms with Gasteiger partial charge in [-0.05, 0) is 26.7 Å². The van der Waals surface area contributed by atoms with Crippen molar-refractivity contribution in [3.63, 3.8) is 0 Å². The van der Waals surface area contributed by atoms with Crippen LogP contribution in [-0.2, 0) is 9.53 Å². The summed E-state index contributed by atoms with van der Waals surface area (Å²) >= 11 is 0. The smallest absolute Gasteiger partial charge is 0.333 e. The third-order valence-corrected chi connectivity index (χ3v) is 1.74. The Hall–Kier alpha value is -0.790. The lowest BCUT2D eigenvalue weighted by molar-refractivity contribution is -0.146. The molecule has 0 spiro atoms. The summed E-state index contributed by atoms with van der Waals surface area (Å²) in [6.07, 6.45) is 3.77. The lowest BCUT2D eigenvalue weighted by atomic mass is 10.0. The molecule has 10 heavy (non-hydrogen) atoms. The SMILES string of the molecule is C/C=C1/CCC(C)OC1=O. The van der Waals surface area contributed by atoms with Crippen molar-refractivity contribution in [1.82, 2.24) is 0 Å². The monoisotopic (exact) mass is 140 g/mol. The first-order valence-corrected chi connectivity index (χ1v) is 3.60. The number of hydrogen-bond acceptors (Lipinski definition) is 2. The van der Waals surface area contributed by atoms with Crippen LogP contribution in [0.4, 0.5) is 0 Å². The van der Waals surface area contributed by atoms with E-state index in [1.54, 1.807) is 0 Å². The molecule has 0 aliphatic carbocycles. The number of carbonyl (C=O) groups is 1. The molecule has 2 heteroatoms. The highest BCUT2D eigenvalue weighted by Gasteiger charge is 2.20. The van der Waals surface area contributed by atoms with Crippen LogP contribution in [-0.4, -0.2) is 12.1 Å². The van der Waals surface area contributed by atoms with E-state index < -0.39 is 0 Å². The molecule has 0 saturated carbocycles. The van der Waals surface area contributed by atoms with Gasteiger partial charge in [0.1, 0.15) is 0 Å². The molecule has 1 rings (SSSR count). The van der Waals surface area contributed by atoms with Crippen molar-refractivity contribution in [2.24, 2.45) is 0 Å². The number of esters is 1. The predicted molar refractivity (Wildman–Crippen MR) is 38.5 cm³/mol. The van der Waals surface area contributed by atoms with Gasteiger partial charge in [0.05, 0.1) is 6.10 Å². The highest BCUT2D eigenvalue weighted by atomic mass is 16.5. The van der Waals surface area contributed by atoms with E-state index in [1.807, 2.05) is 19.9 Å². The summed E-state index contributed by atoms with van der Waals surface area (Å²) in [7, 11) is 0. The first kappa shape index (κ1) is 7.32. The van der Waals surface area contributed by atoms with Gasteiger partial charge < -0.3 is 4.74 Å². The minimum absolute atomic E-state index is 0.108. The summed E-state index contributed by atoms with van der Waals surface area (Å²) < 4.78 is 4.98. The Labute approximate surface area is 60.9 Å². The molecule has 1 atom stereocenters. The average molecular weight is 140 g/mol. The maximum Gasteiger partial charge on any atom is 0.333 e. The Kier molecular flexibility index (Phi) is 2.10. The van der Waals surface area contributed by atoms with Gasteiger partial charge in [-0.15, -0.1) is 0 Å². The second-order valence-electron chi connectivity index (χ2n) is 2.57. The van der Waals surface area contributed by atoms with Gasteiger partial charge in [0.2, 0.25) is 0 Å². The van der Waals surface area contributed by atoms with Gasteiger partial charge in [-0.1, -0.05) is 6.08 Å². The zero-order valence-electron chi connectivity index (χ0n) is 6.39. The molecule has 0 aromatic carbocycles. The number of hydrogen-bond donors (Lipinski definition) is 0. The Morgan fingerprint density at radius 1 is 1.70 bits per heavy atom. The first-order chi connectivity index (χ1) is 4.74. The van der Waals surface area contributed by atoms with Gasteiger partial charge in [0.25, 0.3) is 0 Å². The average Bonchev–Trinajstić information content (AvgIpc) is 1.88. The highest BCUT2D eigenvalue weighted by molar-refractivity contribution is 5.89. The molecule has 0 radical (unpaired) electrons. The van der Waals surface area contributed by atoms with Crippen LogP contribution in [0, 0.1) is 0 Å². The molecule has 0 aromatic heterocycles. The van der Waals surface area contributed by atoms with Crippen molar-refractivity contribution in [3.8, 4) is 0 Å². The zero-order chi connectivity index (χ0) is 7.56. The van der Waals surface area contributed by atoms with Crippen LogP contribution < -0.4 is 0 Å². The van der Waals surface area contributed by atoms with Crippen molar-refractivity contribution in [2.45, 2.75) is 32.8 Å². The molecular formula is C8H12O2. The van der Waals surface area contributed by atoms with Gasteiger partial charge in [0, 0.05) is 5.57 Å². The van der Waals surface area contributed by atoms with Gasteiger partial charge in [-0.2, -0.15) is 0 Å². The minimum atomic E-state index is -0.138.